The van der Waals surface area contributed by atoms with Gasteiger partial charge in [-0.05, 0) is 13.0 Å². The summed E-state index contributed by atoms with van der Waals surface area (Å²) in [7, 11) is 0. The highest BCUT2D eigenvalue weighted by Gasteiger charge is 2.26. The number of morpholine rings is 1. The molecule has 0 spiro atoms. The van der Waals surface area contributed by atoms with Crippen molar-refractivity contribution in [2.45, 2.75) is 19.1 Å². The van der Waals surface area contributed by atoms with E-state index >= 15 is 0 Å². The fourth-order valence-corrected chi connectivity index (χ4v) is 2.57. The first-order valence-corrected chi connectivity index (χ1v) is 6.72. The van der Waals surface area contributed by atoms with Crippen molar-refractivity contribution in [2.24, 2.45) is 0 Å². The molecule has 0 saturated carbocycles. The van der Waals surface area contributed by atoms with E-state index in [1.165, 1.54) is 12.1 Å². The number of nitro benzene ring substituents is 1. The molecule has 112 valence electrons. The smallest absolute Gasteiger partial charge is 0.271 e. The second kappa shape index (κ2) is 5.30. The van der Waals surface area contributed by atoms with E-state index in [4.69, 9.17) is 4.74 Å². The van der Waals surface area contributed by atoms with Gasteiger partial charge >= 0.3 is 0 Å². The number of anilines is 1. The van der Waals surface area contributed by atoms with Gasteiger partial charge < -0.3 is 19.7 Å². The number of aromatic amines is 1. The highest BCUT2D eigenvalue weighted by molar-refractivity contribution is 5.80. The number of H-pyrrole nitrogens is 1. The van der Waals surface area contributed by atoms with Crippen molar-refractivity contribution in [1.29, 1.82) is 0 Å². The Bertz CT molecular complexity index is 671. The molecule has 8 heteroatoms. The van der Waals surface area contributed by atoms with E-state index in [-0.39, 0.29) is 24.5 Å². The Morgan fingerprint density at radius 1 is 1.57 bits per heavy atom. The molecule has 0 amide bonds. The minimum atomic E-state index is -0.432. The van der Waals surface area contributed by atoms with E-state index in [1.807, 2.05) is 11.8 Å². The molecular weight excluding hydrogens is 276 g/mol. The normalized spacial score (nSPS) is 22.7. The van der Waals surface area contributed by atoms with Gasteiger partial charge in [-0.25, -0.2) is 4.98 Å². The van der Waals surface area contributed by atoms with Crippen molar-refractivity contribution in [3.63, 3.8) is 0 Å². The molecule has 2 N–H and O–H groups in total. The molecule has 1 fully saturated rings. The largest absolute Gasteiger partial charge is 0.394 e. The van der Waals surface area contributed by atoms with Gasteiger partial charge in [0.25, 0.3) is 5.69 Å². The number of aliphatic hydroxyl groups excluding tert-OH is 1. The number of benzene rings is 1. The molecule has 2 heterocycles. The number of hydrogen-bond acceptors (Lipinski definition) is 6. The van der Waals surface area contributed by atoms with Gasteiger partial charge in [0.2, 0.25) is 5.95 Å². The average Bonchev–Trinajstić information content (AvgIpc) is 2.89. The molecule has 0 radical (unpaired) electrons. The van der Waals surface area contributed by atoms with Crippen molar-refractivity contribution in [1.82, 2.24) is 9.97 Å². The zero-order valence-electron chi connectivity index (χ0n) is 11.5. The molecule has 1 aromatic carbocycles. The van der Waals surface area contributed by atoms with Crippen molar-refractivity contribution in [3.05, 3.63) is 28.3 Å². The molecule has 8 nitrogen and oxygen atoms in total. The van der Waals surface area contributed by atoms with Crippen LogP contribution in [0.15, 0.2) is 18.2 Å². The number of rotatable bonds is 3. The van der Waals surface area contributed by atoms with Crippen molar-refractivity contribution < 1.29 is 14.8 Å². The Labute approximate surface area is 120 Å². The molecule has 2 unspecified atom stereocenters. The summed E-state index contributed by atoms with van der Waals surface area (Å²) in [6.07, 6.45) is -0.269. The summed E-state index contributed by atoms with van der Waals surface area (Å²) in [4.78, 5) is 19.9. The number of aromatic nitrogens is 2. The van der Waals surface area contributed by atoms with Crippen LogP contribution in [0.1, 0.15) is 6.92 Å². The molecule has 21 heavy (non-hydrogen) atoms. The van der Waals surface area contributed by atoms with Crippen LogP contribution in [-0.2, 0) is 4.74 Å². The lowest BCUT2D eigenvalue weighted by molar-refractivity contribution is -0.384. The monoisotopic (exact) mass is 292 g/mol. The second-order valence-corrected chi connectivity index (χ2v) is 5.18. The van der Waals surface area contributed by atoms with Gasteiger partial charge in [-0.2, -0.15) is 0 Å². The number of imidazole rings is 1. The minimum Gasteiger partial charge on any atom is -0.394 e. The average molecular weight is 292 g/mol. The summed E-state index contributed by atoms with van der Waals surface area (Å²) < 4.78 is 5.59. The number of nitrogens with one attached hydrogen (secondary N) is 1. The van der Waals surface area contributed by atoms with Gasteiger partial charge in [0, 0.05) is 25.2 Å². The number of ether oxygens (including phenoxy) is 1. The van der Waals surface area contributed by atoms with Gasteiger partial charge in [-0.3, -0.25) is 10.1 Å². The molecule has 1 aromatic heterocycles. The molecule has 1 aliphatic heterocycles. The summed E-state index contributed by atoms with van der Waals surface area (Å²) in [6.45, 7) is 3.07. The van der Waals surface area contributed by atoms with Crippen LogP contribution >= 0.6 is 0 Å². The third-order valence-electron chi connectivity index (χ3n) is 3.49. The van der Waals surface area contributed by atoms with Crippen molar-refractivity contribution >= 4 is 22.7 Å². The predicted octanol–water partition coefficient (Wildman–Crippen LogP) is 1.06. The Morgan fingerprint density at radius 2 is 2.38 bits per heavy atom. The molecule has 0 bridgehead atoms. The van der Waals surface area contributed by atoms with Crippen LogP contribution in [0.25, 0.3) is 11.0 Å². The minimum absolute atomic E-state index is 0.0153. The highest BCUT2D eigenvalue weighted by Crippen LogP contribution is 2.24. The van der Waals surface area contributed by atoms with Crippen LogP contribution in [0.4, 0.5) is 11.6 Å². The fraction of sp³-hybridized carbons (Fsp3) is 0.462. The lowest BCUT2D eigenvalue weighted by atomic mass is 10.2. The maximum absolute atomic E-state index is 10.8. The third kappa shape index (κ3) is 2.67. The summed E-state index contributed by atoms with van der Waals surface area (Å²) in [5.41, 5.74) is 1.33. The third-order valence-corrected chi connectivity index (χ3v) is 3.49. The maximum Gasteiger partial charge on any atom is 0.271 e. The van der Waals surface area contributed by atoms with Crippen LogP contribution in [0, 0.1) is 10.1 Å². The number of non-ortho nitro benzene ring substituents is 1. The molecule has 1 saturated heterocycles. The van der Waals surface area contributed by atoms with Gasteiger partial charge in [-0.15, -0.1) is 0 Å². The lowest BCUT2D eigenvalue weighted by Gasteiger charge is -2.35. The Balaban J connectivity index is 1.91. The predicted molar refractivity (Wildman–Crippen MR) is 76.4 cm³/mol. The number of fused-ring (bicyclic) bond motifs is 1. The number of hydrogen-bond donors (Lipinski definition) is 2. The van der Waals surface area contributed by atoms with E-state index < -0.39 is 4.92 Å². The van der Waals surface area contributed by atoms with E-state index in [0.717, 1.165) is 0 Å². The van der Waals surface area contributed by atoms with Crippen molar-refractivity contribution in [3.8, 4) is 0 Å². The number of nitro groups is 1. The second-order valence-electron chi connectivity index (χ2n) is 5.18. The zero-order valence-corrected chi connectivity index (χ0v) is 11.5. The van der Waals surface area contributed by atoms with Crippen molar-refractivity contribution in [2.75, 3.05) is 24.6 Å². The molecule has 2 aromatic rings. The quantitative estimate of drug-likeness (QED) is 0.647. The van der Waals surface area contributed by atoms with Gasteiger partial charge in [0.05, 0.1) is 34.8 Å². The molecule has 0 aliphatic carbocycles. The SMILES string of the molecule is CC1CN(c2nc3ccc([N+](=O)[O-])cc3[nH]2)CC(CO)O1. The first-order chi connectivity index (χ1) is 10.1. The molecule has 2 atom stereocenters. The van der Waals surface area contributed by atoms with E-state index in [1.54, 1.807) is 6.07 Å². The summed E-state index contributed by atoms with van der Waals surface area (Å²) in [5.74, 6) is 0.638. The first-order valence-electron chi connectivity index (χ1n) is 6.72. The Hall–Kier alpha value is -2.19. The molecular formula is C13H16N4O4. The fourth-order valence-electron chi connectivity index (χ4n) is 2.57. The van der Waals surface area contributed by atoms with Crippen LogP contribution in [0.3, 0.4) is 0 Å². The standard InChI is InChI=1S/C13H16N4O4/c1-8-5-16(6-10(7-18)21-8)13-14-11-3-2-9(17(19)20)4-12(11)15-13/h2-4,8,10,18H,5-7H2,1H3,(H,14,15). The summed E-state index contributed by atoms with van der Waals surface area (Å²) in [6, 6.07) is 4.53. The Morgan fingerprint density at radius 3 is 3.10 bits per heavy atom. The lowest BCUT2D eigenvalue weighted by Crippen LogP contribution is -2.48. The summed E-state index contributed by atoms with van der Waals surface area (Å²) in [5, 5.41) is 20.0. The zero-order chi connectivity index (χ0) is 15.0. The number of aliphatic hydroxyl groups is 1. The topological polar surface area (TPSA) is 105 Å². The van der Waals surface area contributed by atoms with Crippen LogP contribution in [0.2, 0.25) is 0 Å². The number of nitrogens with zero attached hydrogens (tertiary/aromatic N) is 3. The van der Waals surface area contributed by atoms with Crippen LogP contribution in [0.5, 0.6) is 0 Å². The molecule has 1 aliphatic rings. The first kappa shape index (κ1) is 13.8. The van der Waals surface area contributed by atoms with Gasteiger partial charge in [0.15, 0.2) is 0 Å². The van der Waals surface area contributed by atoms with Gasteiger partial charge in [-0.1, -0.05) is 0 Å². The molecule has 3 rings (SSSR count). The van der Waals surface area contributed by atoms with Crippen LogP contribution < -0.4 is 4.90 Å². The summed E-state index contributed by atoms with van der Waals surface area (Å²) >= 11 is 0. The Kier molecular flexibility index (Phi) is 3.48. The van der Waals surface area contributed by atoms with E-state index in [0.29, 0.717) is 30.1 Å². The van der Waals surface area contributed by atoms with Crippen LogP contribution in [-0.4, -0.2) is 51.9 Å². The van der Waals surface area contributed by atoms with E-state index in [2.05, 4.69) is 9.97 Å². The van der Waals surface area contributed by atoms with Gasteiger partial charge in [0.1, 0.15) is 0 Å². The highest BCUT2D eigenvalue weighted by atomic mass is 16.6. The van der Waals surface area contributed by atoms with E-state index in [9.17, 15) is 15.2 Å². The maximum atomic E-state index is 10.8.